The summed E-state index contributed by atoms with van der Waals surface area (Å²) in [4.78, 5) is 13.8. The number of thiazole rings is 1. The summed E-state index contributed by atoms with van der Waals surface area (Å²) in [6, 6.07) is 4.45. The van der Waals surface area contributed by atoms with Crippen LogP contribution in [0, 0.1) is 20.8 Å². The number of H-pyrrole nitrogens is 1. The molecule has 0 saturated carbocycles. The minimum Gasteiger partial charge on any atom is -0.315 e. The van der Waals surface area contributed by atoms with Crippen LogP contribution < -0.4 is 10.2 Å². The second-order valence-electron chi connectivity index (χ2n) is 4.64. The maximum atomic E-state index is 11.0. The molecule has 2 N–H and O–H groups in total. The van der Waals surface area contributed by atoms with Crippen molar-refractivity contribution < 1.29 is 0 Å². The van der Waals surface area contributed by atoms with Crippen LogP contribution in [0.5, 0.6) is 0 Å². The fourth-order valence-corrected chi connectivity index (χ4v) is 2.52. The number of aryl methyl sites for hydroxylation is 3. The number of benzene rings is 1. The average molecular weight is 262 g/mol. The van der Waals surface area contributed by atoms with Crippen LogP contribution in [0.15, 0.2) is 22.3 Å². The molecule has 18 heavy (non-hydrogen) atoms. The van der Waals surface area contributed by atoms with E-state index < -0.39 is 0 Å². The third-order valence-electron chi connectivity index (χ3n) is 3.15. The van der Waals surface area contributed by atoms with Crippen LogP contribution >= 0.6 is 11.3 Å². The lowest BCUT2D eigenvalue weighted by Gasteiger charge is -2.10. The molecule has 2 aromatic rings. The SMILES string of the molecule is Cc1cc(C)c(CNCc2csc(=O)[nH]2)cc1C. The van der Waals surface area contributed by atoms with E-state index in [0.29, 0.717) is 6.54 Å². The largest absolute Gasteiger partial charge is 0.315 e. The van der Waals surface area contributed by atoms with Crippen molar-refractivity contribution in [2.75, 3.05) is 0 Å². The van der Waals surface area contributed by atoms with Gasteiger partial charge in [0.25, 0.3) is 0 Å². The Morgan fingerprint density at radius 1 is 1.11 bits per heavy atom. The zero-order valence-electron chi connectivity index (χ0n) is 11.0. The van der Waals surface area contributed by atoms with E-state index >= 15 is 0 Å². The summed E-state index contributed by atoms with van der Waals surface area (Å²) in [6.45, 7) is 7.93. The van der Waals surface area contributed by atoms with Crippen molar-refractivity contribution >= 4 is 11.3 Å². The quantitative estimate of drug-likeness (QED) is 0.889. The molecule has 0 aliphatic heterocycles. The molecule has 0 saturated heterocycles. The Morgan fingerprint density at radius 3 is 2.50 bits per heavy atom. The van der Waals surface area contributed by atoms with E-state index in [0.717, 1.165) is 12.2 Å². The lowest BCUT2D eigenvalue weighted by molar-refractivity contribution is 0.678. The zero-order chi connectivity index (χ0) is 13.1. The molecule has 0 atom stereocenters. The average Bonchev–Trinajstić information content (AvgIpc) is 2.71. The first-order valence-corrected chi connectivity index (χ1v) is 6.88. The van der Waals surface area contributed by atoms with Gasteiger partial charge in [0.2, 0.25) is 0 Å². The van der Waals surface area contributed by atoms with Crippen LogP contribution in [0.4, 0.5) is 0 Å². The molecule has 4 heteroatoms. The summed E-state index contributed by atoms with van der Waals surface area (Å²) in [5, 5.41) is 5.22. The van der Waals surface area contributed by atoms with E-state index in [1.165, 1.54) is 33.6 Å². The fourth-order valence-electron chi connectivity index (χ4n) is 1.94. The summed E-state index contributed by atoms with van der Waals surface area (Å²) in [5.74, 6) is 0. The van der Waals surface area contributed by atoms with Crippen molar-refractivity contribution in [3.63, 3.8) is 0 Å². The molecule has 1 aromatic heterocycles. The molecule has 0 aliphatic rings. The predicted octanol–water partition coefficient (Wildman–Crippen LogP) is 2.65. The summed E-state index contributed by atoms with van der Waals surface area (Å²) in [6.07, 6.45) is 0. The lowest BCUT2D eigenvalue weighted by atomic mass is 10.0. The highest BCUT2D eigenvalue weighted by Gasteiger charge is 2.02. The van der Waals surface area contributed by atoms with Crippen LogP contribution in [0.25, 0.3) is 0 Å². The van der Waals surface area contributed by atoms with Crippen LogP contribution in [0.3, 0.4) is 0 Å². The van der Waals surface area contributed by atoms with Crippen molar-refractivity contribution in [1.82, 2.24) is 10.3 Å². The number of hydrogen-bond donors (Lipinski definition) is 2. The predicted molar refractivity (Wildman–Crippen MR) is 76.1 cm³/mol. The number of aromatic nitrogens is 1. The second kappa shape index (κ2) is 5.50. The molecule has 0 amide bonds. The van der Waals surface area contributed by atoms with Crippen molar-refractivity contribution in [3.05, 3.63) is 55.1 Å². The third-order valence-corrected chi connectivity index (χ3v) is 3.87. The van der Waals surface area contributed by atoms with Crippen LogP contribution in [-0.4, -0.2) is 4.98 Å². The smallest absolute Gasteiger partial charge is 0.304 e. The molecule has 3 nitrogen and oxygen atoms in total. The van der Waals surface area contributed by atoms with Gasteiger partial charge in [-0.25, -0.2) is 0 Å². The van der Waals surface area contributed by atoms with E-state index in [1.54, 1.807) is 0 Å². The molecule has 0 fully saturated rings. The highest BCUT2D eigenvalue weighted by atomic mass is 32.1. The van der Waals surface area contributed by atoms with Crippen LogP contribution in [-0.2, 0) is 13.1 Å². The number of aromatic amines is 1. The Kier molecular flexibility index (Phi) is 3.99. The lowest BCUT2D eigenvalue weighted by Crippen LogP contribution is -2.14. The molecule has 96 valence electrons. The van der Waals surface area contributed by atoms with Gasteiger partial charge in [0.15, 0.2) is 0 Å². The first-order valence-electron chi connectivity index (χ1n) is 6.00. The molecular formula is C14H18N2OS. The molecule has 0 spiro atoms. The van der Waals surface area contributed by atoms with Gasteiger partial charge in [0.1, 0.15) is 0 Å². The van der Waals surface area contributed by atoms with Gasteiger partial charge in [-0.1, -0.05) is 23.5 Å². The van der Waals surface area contributed by atoms with Gasteiger partial charge in [0, 0.05) is 24.2 Å². The van der Waals surface area contributed by atoms with Crippen molar-refractivity contribution in [3.8, 4) is 0 Å². The van der Waals surface area contributed by atoms with Crippen molar-refractivity contribution in [2.24, 2.45) is 0 Å². The summed E-state index contributed by atoms with van der Waals surface area (Å²) < 4.78 is 0. The van der Waals surface area contributed by atoms with Gasteiger partial charge in [-0.3, -0.25) is 4.79 Å². The zero-order valence-corrected chi connectivity index (χ0v) is 11.8. The van der Waals surface area contributed by atoms with E-state index in [2.05, 4.69) is 43.2 Å². The molecular weight excluding hydrogens is 244 g/mol. The van der Waals surface area contributed by atoms with Gasteiger partial charge in [-0.05, 0) is 43.0 Å². The standard InChI is InChI=1S/C14H18N2OS/c1-9-4-11(3)12(5-10(9)2)6-15-7-13-8-18-14(17)16-13/h4-5,8,15H,6-7H2,1-3H3,(H,16,17). The van der Waals surface area contributed by atoms with Gasteiger partial charge in [-0.15, -0.1) is 0 Å². The molecule has 0 bridgehead atoms. The van der Waals surface area contributed by atoms with Gasteiger partial charge in [0.05, 0.1) is 0 Å². The number of rotatable bonds is 4. The summed E-state index contributed by atoms with van der Waals surface area (Å²) >= 11 is 1.21. The molecule has 0 unspecified atom stereocenters. The summed E-state index contributed by atoms with van der Waals surface area (Å²) in [5.41, 5.74) is 6.23. The van der Waals surface area contributed by atoms with E-state index in [9.17, 15) is 4.79 Å². The van der Waals surface area contributed by atoms with Gasteiger partial charge >= 0.3 is 4.87 Å². The Hall–Kier alpha value is -1.39. The van der Waals surface area contributed by atoms with E-state index in [4.69, 9.17) is 0 Å². The highest BCUT2D eigenvalue weighted by Crippen LogP contribution is 2.15. The highest BCUT2D eigenvalue weighted by molar-refractivity contribution is 7.07. The Balaban J connectivity index is 1.98. The monoisotopic (exact) mass is 262 g/mol. The first-order chi connectivity index (χ1) is 8.56. The Labute approximate surface area is 111 Å². The maximum absolute atomic E-state index is 11.0. The molecule has 1 aromatic carbocycles. The third kappa shape index (κ3) is 3.09. The van der Waals surface area contributed by atoms with Gasteiger partial charge in [-0.2, -0.15) is 0 Å². The Bertz CT molecular complexity index is 598. The van der Waals surface area contributed by atoms with Crippen LogP contribution in [0.1, 0.15) is 27.9 Å². The number of nitrogens with one attached hydrogen (secondary N) is 2. The first kappa shape index (κ1) is 13.1. The fraction of sp³-hybridized carbons (Fsp3) is 0.357. The number of hydrogen-bond acceptors (Lipinski definition) is 3. The topological polar surface area (TPSA) is 44.9 Å². The minimum atomic E-state index is 0.00848. The van der Waals surface area contributed by atoms with E-state index in [1.807, 2.05) is 5.38 Å². The summed E-state index contributed by atoms with van der Waals surface area (Å²) in [7, 11) is 0. The van der Waals surface area contributed by atoms with Crippen LogP contribution in [0.2, 0.25) is 0 Å². The van der Waals surface area contributed by atoms with Crippen molar-refractivity contribution in [1.29, 1.82) is 0 Å². The molecule has 2 rings (SSSR count). The second-order valence-corrected chi connectivity index (χ2v) is 5.48. The molecule has 0 aliphatic carbocycles. The normalized spacial score (nSPS) is 10.8. The molecule has 0 radical (unpaired) electrons. The van der Waals surface area contributed by atoms with Gasteiger partial charge < -0.3 is 10.3 Å². The minimum absolute atomic E-state index is 0.00848. The maximum Gasteiger partial charge on any atom is 0.304 e. The molecule has 1 heterocycles. The van der Waals surface area contributed by atoms with E-state index in [-0.39, 0.29) is 4.87 Å². The Morgan fingerprint density at radius 2 is 1.83 bits per heavy atom. The van der Waals surface area contributed by atoms with Crippen molar-refractivity contribution in [2.45, 2.75) is 33.9 Å².